The van der Waals surface area contributed by atoms with Crippen molar-refractivity contribution < 1.29 is 35.9 Å². The van der Waals surface area contributed by atoms with Crippen LogP contribution in [0.25, 0.3) is 5.69 Å². The van der Waals surface area contributed by atoms with Crippen LogP contribution in [-0.4, -0.2) is 21.5 Å². The van der Waals surface area contributed by atoms with Crippen LogP contribution in [0.15, 0.2) is 18.3 Å². The van der Waals surface area contributed by atoms with E-state index in [9.17, 15) is 31.1 Å². The van der Waals surface area contributed by atoms with Crippen LogP contribution < -0.4 is 5.32 Å². The lowest BCUT2D eigenvalue weighted by Gasteiger charge is -2.20. The molecule has 1 heterocycles. The van der Waals surface area contributed by atoms with Crippen LogP contribution in [0, 0.1) is 17.5 Å². The van der Waals surface area contributed by atoms with E-state index in [0.29, 0.717) is 18.3 Å². The molecule has 0 saturated heterocycles. The molecule has 0 saturated carbocycles. The Morgan fingerprint density at radius 2 is 1.73 bits per heavy atom. The number of carbonyl (C=O) groups is 1. The maximum atomic E-state index is 13.9. The third-order valence-corrected chi connectivity index (χ3v) is 2.92. The number of anilines is 1. The van der Waals surface area contributed by atoms with Gasteiger partial charge in [0.2, 0.25) is 0 Å². The van der Waals surface area contributed by atoms with E-state index in [4.69, 9.17) is 4.74 Å². The zero-order chi connectivity index (χ0) is 19.9. The molecule has 1 aromatic carbocycles. The van der Waals surface area contributed by atoms with Crippen LogP contribution in [0.5, 0.6) is 0 Å². The normalized spacial score (nSPS) is 12.2. The smallest absolute Gasteiger partial charge is 0.435 e. The van der Waals surface area contributed by atoms with Crippen molar-refractivity contribution in [2.24, 2.45) is 0 Å². The number of halogens is 6. The summed E-state index contributed by atoms with van der Waals surface area (Å²) < 4.78 is 85.2. The predicted molar refractivity (Wildman–Crippen MR) is 78.3 cm³/mol. The highest BCUT2D eigenvalue weighted by Crippen LogP contribution is 2.37. The number of nitrogens with one attached hydrogen (secondary N) is 1. The van der Waals surface area contributed by atoms with Crippen molar-refractivity contribution in [1.82, 2.24) is 9.78 Å². The van der Waals surface area contributed by atoms with Gasteiger partial charge in [-0.05, 0) is 32.9 Å². The van der Waals surface area contributed by atoms with Crippen LogP contribution in [0.2, 0.25) is 0 Å². The van der Waals surface area contributed by atoms with Crippen LogP contribution in [0.4, 0.5) is 36.8 Å². The first-order valence-corrected chi connectivity index (χ1v) is 7.10. The number of carbonyl (C=O) groups excluding carboxylic acids is 1. The largest absolute Gasteiger partial charge is 0.444 e. The summed E-state index contributed by atoms with van der Waals surface area (Å²) in [4.78, 5) is 11.7. The number of nitrogens with zero attached hydrogens (tertiary/aromatic N) is 2. The zero-order valence-corrected chi connectivity index (χ0v) is 13.7. The van der Waals surface area contributed by atoms with E-state index in [0.717, 1.165) is 0 Å². The summed E-state index contributed by atoms with van der Waals surface area (Å²) in [6, 6.07) is 1.05. The van der Waals surface area contributed by atoms with E-state index in [1.807, 2.05) is 5.32 Å². The Hall–Kier alpha value is -2.72. The second-order valence-corrected chi connectivity index (χ2v) is 6.14. The van der Waals surface area contributed by atoms with Gasteiger partial charge in [-0.15, -0.1) is 0 Å². The second kappa shape index (κ2) is 6.54. The minimum absolute atomic E-state index is 0.0184. The Labute approximate surface area is 143 Å². The molecule has 0 radical (unpaired) electrons. The Morgan fingerprint density at radius 1 is 1.12 bits per heavy atom. The SMILES string of the molecule is CC(C)(C)OC(=O)Nc1cnn(-c2ccc(F)c(F)c2F)c1C(F)(F)F. The molecule has 5 nitrogen and oxygen atoms in total. The fourth-order valence-corrected chi connectivity index (χ4v) is 1.99. The summed E-state index contributed by atoms with van der Waals surface area (Å²) in [5, 5.41) is 5.19. The van der Waals surface area contributed by atoms with Gasteiger partial charge in [0, 0.05) is 0 Å². The highest BCUT2D eigenvalue weighted by Gasteiger charge is 2.40. The fraction of sp³-hybridized carbons (Fsp3) is 0.333. The highest BCUT2D eigenvalue weighted by molar-refractivity contribution is 5.85. The number of amides is 1. The van der Waals surface area contributed by atoms with Gasteiger partial charge in [0.25, 0.3) is 0 Å². The third kappa shape index (κ3) is 4.09. The summed E-state index contributed by atoms with van der Waals surface area (Å²) in [5.74, 6) is -5.38. The van der Waals surface area contributed by atoms with Gasteiger partial charge in [0.1, 0.15) is 11.3 Å². The molecule has 2 rings (SSSR count). The van der Waals surface area contributed by atoms with Gasteiger partial charge in [0.05, 0.1) is 11.9 Å². The average Bonchev–Trinajstić information content (AvgIpc) is 2.86. The number of benzene rings is 1. The molecule has 0 aliphatic heterocycles. The van der Waals surface area contributed by atoms with E-state index in [1.54, 1.807) is 0 Å². The lowest BCUT2D eigenvalue weighted by atomic mass is 10.2. The van der Waals surface area contributed by atoms with Gasteiger partial charge < -0.3 is 4.74 Å². The topological polar surface area (TPSA) is 56.1 Å². The van der Waals surface area contributed by atoms with Gasteiger partial charge in [-0.2, -0.15) is 18.3 Å². The first-order chi connectivity index (χ1) is 11.8. The van der Waals surface area contributed by atoms with Gasteiger partial charge in [0.15, 0.2) is 23.1 Å². The highest BCUT2D eigenvalue weighted by atomic mass is 19.4. The van der Waals surface area contributed by atoms with Crippen molar-refractivity contribution in [1.29, 1.82) is 0 Å². The third-order valence-electron chi connectivity index (χ3n) is 2.92. The molecule has 0 atom stereocenters. The number of ether oxygens (including phenoxy) is 1. The van der Waals surface area contributed by atoms with Crippen LogP contribution in [0.1, 0.15) is 26.5 Å². The van der Waals surface area contributed by atoms with Crippen LogP contribution in [0.3, 0.4) is 0 Å². The molecule has 1 amide bonds. The zero-order valence-electron chi connectivity index (χ0n) is 13.7. The summed E-state index contributed by atoms with van der Waals surface area (Å²) in [7, 11) is 0. The van der Waals surface area contributed by atoms with E-state index >= 15 is 0 Å². The maximum Gasteiger partial charge on any atom is 0.435 e. The quantitative estimate of drug-likeness (QED) is 0.608. The molecule has 0 aliphatic rings. The Balaban J connectivity index is 2.52. The van der Waals surface area contributed by atoms with Gasteiger partial charge in [-0.25, -0.2) is 22.6 Å². The number of hydrogen-bond donors (Lipinski definition) is 1. The van der Waals surface area contributed by atoms with E-state index in [-0.39, 0.29) is 4.68 Å². The van der Waals surface area contributed by atoms with E-state index < -0.39 is 52.4 Å². The minimum atomic E-state index is -5.10. The number of alkyl halides is 3. The maximum absolute atomic E-state index is 13.9. The second-order valence-electron chi connectivity index (χ2n) is 6.14. The molecule has 0 bridgehead atoms. The number of rotatable bonds is 2. The van der Waals surface area contributed by atoms with Crippen molar-refractivity contribution in [3.05, 3.63) is 41.5 Å². The molecule has 0 aliphatic carbocycles. The molecule has 0 spiro atoms. The fourth-order valence-electron chi connectivity index (χ4n) is 1.99. The lowest BCUT2D eigenvalue weighted by molar-refractivity contribution is -0.142. The predicted octanol–water partition coefficient (Wildman–Crippen LogP) is 4.66. The van der Waals surface area contributed by atoms with Crippen molar-refractivity contribution in [3.63, 3.8) is 0 Å². The first kappa shape index (κ1) is 19.6. The Bertz CT molecular complexity index is 839. The summed E-state index contributed by atoms with van der Waals surface area (Å²) in [5.41, 5.74) is -4.39. The number of aromatic nitrogens is 2. The van der Waals surface area contributed by atoms with Crippen molar-refractivity contribution >= 4 is 11.8 Å². The molecule has 2 aromatic rings. The molecule has 0 unspecified atom stereocenters. The van der Waals surface area contributed by atoms with E-state index in [2.05, 4.69) is 5.10 Å². The van der Waals surface area contributed by atoms with Crippen molar-refractivity contribution in [3.8, 4) is 5.69 Å². The number of hydrogen-bond acceptors (Lipinski definition) is 3. The van der Waals surface area contributed by atoms with Gasteiger partial charge in [-0.3, -0.25) is 5.32 Å². The molecule has 1 aromatic heterocycles. The minimum Gasteiger partial charge on any atom is -0.444 e. The molecule has 1 N–H and O–H groups in total. The van der Waals surface area contributed by atoms with Crippen LogP contribution in [-0.2, 0) is 10.9 Å². The monoisotopic (exact) mass is 381 g/mol. The molecule has 11 heteroatoms. The average molecular weight is 381 g/mol. The first-order valence-electron chi connectivity index (χ1n) is 7.10. The van der Waals surface area contributed by atoms with Gasteiger partial charge in [-0.1, -0.05) is 0 Å². The molecular weight excluding hydrogens is 368 g/mol. The van der Waals surface area contributed by atoms with E-state index in [1.165, 1.54) is 20.8 Å². The Kier molecular flexibility index (Phi) is 4.93. The van der Waals surface area contributed by atoms with Crippen molar-refractivity contribution in [2.45, 2.75) is 32.5 Å². The molecule has 142 valence electrons. The summed E-state index contributed by atoms with van der Waals surface area (Å²) in [6.07, 6.45) is -5.71. The molecule has 0 fully saturated rings. The van der Waals surface area contributed by atoms with Gasteiger partial charge >= 0.3 is 12.3 Å². The molecular formula is C15H13F6N3O2. The van der Waals surface area contributed by atoms with Crippen molar-refractivity contribution in [2.75, 3.05) is 5.32 Å². The molecule has 26 heavy (non-hydrogen) atoms. The van der Waals surface area contributed by atoms with Crippen LogP contribution >= 0.6 is 0 Å². The lowest BCUT2D eigenvalue weighted by Crippen LogP contribution is -2.28. The summed E-state index contributed by atoms with van der Waals surface area (Å²) in [6.45, 7) is 4.49. The Morgan fingerprint density at radius 3 is 2.27 bits per heavy atom. The standard InChI is InChI=1S/C15H13F6N3O2/c1-14(2,3)26-13(25)23-8-6-22-24(12(8)15(19,20)21)9-5-4-7(16)10(17)11(9)18/h4-6H,1-3H3,(H,23,25). The summed E-state index contributed by atoms with van der Waals surface area (Å²) >= 11 is 0.